The van der Waals surface area contributed by atoms with E-state index in [4.69, 9.17) is 9.15 Å². The van der Waals surface area contributed by atoms with E-state index < -0.39 is 31.1 Å². The summed E-state index contributed by atoms with van der Waals surface area (Å²) in [4.78, 5) is 1.14. The molecule has 7 rings (SSSR count). The van der Waals surface area contributed by atoms with Gasteiger partial charge in [0.15, 0.2) is 20.9 Å². The summed E-state index contributed by atoms with van der Waals surface area (Å²) < 4.78 is 89.3. The summed E-state index contributed by atoms with van der Waals surface area (Å²) in [6.45, 7) is 5.23. The van der Waals surface area contributed by atoms with Gasteiger partial charge in [-0.3, -0.25) is 4.90 Å². The van der Waals surface area contributed by atoms with Crippen LogP contribution >= 0.6 is 0 Å². The van der Waals surface area contributed by atoms with E-state index in [2.05, 4.69) is 18.0 Å². The van der Waals surface area contributed by atoms with Gasteiger partial charge in [0, 0.05) is 41.5 Å². The molecule has 0 atom stereocenters. The van der Waals surface area contributed by atoms with Gasteiger partial charge in [-0.15, -0.1) is 4.57 Å². The predicted octanol–water partition coefficient (Wildman–Crippen LogP) is 5.88. The highest BCUT2D eigenvalue weighted by molar-refractivity contribution is 7.89. The van der Waals surface area contributed by atoms with Gasteiger partial charge < -0.3 is 22.8 Å². The highest BCUT2D eigenvalue weighted by Crippen LogP contribution is 2.46. The van der Waals surface area contributed by atoms with Gasteiger partial charge in [-0.05, 0) is 53.3 Å². The Bertz CT molecular complexity index is 2720. The fourth-order valence-electron chi connectivity index (χ4n) is 6.07. The number of para-hydroxylation sites is 1. The van der Waals surface area contributed by atoms with Gasteiger partial charge in [-0.1, -0.05) is 55.1 Å². The number of aromatic nitrogens is 2. The van der Waals surface area contributed by atoms with Crippen molar-refractivity contribution in [2.75, 3.05) is 4.90 Å². The van der Waals surface area contributed by atoms with Crippen LogP contribution in [-0.4, -0.2) is 30.5 Å². The number of benzene rings is 4. The summed E-state index contributed by atoms with van der Waals surface area (Å²) in [7, 11) is -7.97. The Morgan fingerprint density at radius 1 is 0.958 bits per heavy atom. The van der Waals surface area contributed by atoms with Crippen LogP contribution in [0.15, 0.2) is 118 Å². The van der Waals surface area contributed by atoms with Crippen LogP contribution < -0.4 is 14.2 Å². The van der Waals surface area contributed by atoms with Gasteiger partial charge in [-0.2, -0.15) is 0 Å². The molecule has 0 N–H and O–H groups in total. The molecule has 0 aliphatic carbocycles. The molecular weight excluding hydrogens is 655 g/mol. The van der Waals surface area contributed by atoms with Crippen molar-refractivity contribution in [3.8, 4) is 5.75 Å². The molecule has 0 spiro atoms. The molecular formula is C35H26N3O8S2-. The molecule has 242 valence electrons. The number of hydrogen-bond acceptors (Lipinski definition) is 9. The predicted molar refractivity (Wildman–Crippen MR) is 179 cm³/mol. The number of oxazole rings is 1. The highest BCUT2D eigenvalue weighted by atomic mass is 32.2. The number of nitrogens with zero attached hydrogens (tertiary/aromatic N) is 3. The quantitative estimate of drug-likeness (QED) is 0.114. The molecule has 48 heavy (non-hydrogen) atoms. The maximum Gasteiger partial charge on any atom is 0.375 e. The number of rotatable bonds is 7. The average molecular weight is 681 g/mol. The molecule has 0 bridgehead atoms. The number of fused-ring (bicyclic) bond motifs is 6. The van der Waals surface area contributed by atoms with E-state index in [-0.39, 0.29) is 23.2 Å². The van der Waals surface area contributed by atoms with E-state index in [1.54, 1.807) is 24.3 Å². The summed E-state index contributed by atoms with van der Waals surface area (Å²) in [5.74, 6) is -0.590. The Hall–Kier alpha value is -5.39. The summed E-state index contributed by atoms with van der Waals surface area (Å²) in [5, 5.41) is 2.60. The summed E-state index contributed by atoms with van der Waals surface area (Å²) in [6.07, 6.45) is 3.38. The topological polar surface area (TPSA) is 149 Å². The normalized spacial score (nSPS) is 14.5. The molecule has 11 nitrogen and oxygen atoms in total. The maximum atomic E-state index is 12.6. The van der Waals surface area contributed by atoms with E-state index >= 15 is 0 Å². The van der Waals surface area contributed by atoms with Crippen LogP contribution in [0.5, 0.6) is 5.75 Å². The zero-order valence-electron chi connectivity index (χ0n) is 25.6. The van der Waals surface area contributed by atoms with Crippen LogP contribution in [0.4, 0.5) is 5.69 Å². The molecule has 6 aromatic rings. The van der Waals surface area contributed by atoms with Crippen molar-refractivity contribution in [1.82, 2.24) is 4.57 Å². The van der Waals surface area contributed by atoms with Crippen LogP contribution in [0, 0.1) is 0 Å². The van der Waals surface area contributed by atoms with Crippen molar-refractivity contribution in [1.29, 1.82) is 0 Å². The van der Waals surface area contributed by atoms with Crippen LogP contribution in [-0.2, 0) is 33.2 Å². The first kappa shape index (κ1) is 31.2. The first-order valence-electron chi connectivity index (χ1n) is 14.7. The fourth-order valence-corrected chi connectivity index (χ4v) is 7.26. The minimum absolute atomic E-state index is 0.0419. The average Bonchev–Trinajstić information content (AvgIpc) is 3.64. The zero-order valence-corrected chi connectivity index (χ0v) is 27.3. The number of aryl methyl sites for hydroxylation is 1. The summed E-state index contributed by atoms with van der Waals surface area (Å²) in [6, 6.07) is 22.2. The van der Waals surface area contributed by atoms with E-state index in [0.717, 1.165) is 37.5 Å². The van der Waals surface area contributed by atoms with Crippen molar-refractivity contribution in [2.24, 2.45) is 7.05 Å². The third-order valence-corrected chi connectivity index (χ3v) is 9.55. The van der Waals surface area contributed by atoms with Gasteiger partial charge in [0.1, 0.15) is 10.1 Å². The van der Waals surface area contributed by atoms with Gasteiger partial charge in [-0.25, -0.2) is 16.8 Å². The number of hydrogen-bond donors (Lipinski definition) is 0. The molecule has 1 aliphatic rings. The Kier molecular flexibility index (Phi) is 7.41. The van der Waals surface area contributed by atoms with E-state index in [1.165, 1.54) is 16.7 Å². The highest BCUT2D eigenvalue weighted by Gasteiger charge is 2.34. The Labute approximate surface area is 275 Å². The molecule has 0 radical (unpaired) electrons. The first-order valence-corrected chi connectivity index (χ1v) is 17.7. The van der Waals surface area contributed by atoms with Crippen molar-refractivity contribution in [2.45, 2.75) is 19.2 Å². The van der Waals surface area contributed by atoms with E-state index in [1.807, 2.05) is 67.1 Å². The fraction of sp³-hybridized carbons (Fsp3) is 0.114. The molecule has 13 heteroatoms. The minimum atomic E-state index is -5.13. The van der Waals surface area contributed by atoms with Crippen molar-refractivity contribution < 1.29 is 39.7 Å². The Morgan fingerprint density at radius 2 is 1.67 bits per heavy atom. The minimum Gasteiger partial charge on any atom is -0.743 e. The largest absolute Gasteiger partial charge is 0.743 e. The lowest BCUT2D eigenvalue weighted by molar-refractivity contribution is -0.658. The molecule has 2 aromatic heterocycles. The monoisotopic (exact) mass is 680 g/mol. The van der Waals surface area contributed by atoms with Crippen LogP contribution in [0.1, 0.15) is 19.2 Å². The van der Waals surface area contributed by atoms with Crippen LogP contribution in [0.25, 0.3) is 49.8 Å². The molecule has 0 fully saturated rings. The second kappa shape index (κ2) is 11.4. The van der Waals surface area contributed by atoms with Crippen LogP contribution in [0.2, 0.25) is 0 Å². The molecule has 0 amide bonds. The Balaban J connectivity index is 1.44. The smallest absolute Gasteiger partial charge is 0.375 e. The van der Waals surface area contributed by atoms with Crippen molar-refractivity contribution in [3.05, 3.63) is 119 Å². The lowest BCUT2D eigenvalue weighted by Crippen LogP contribution is -2.39. The maximum absolute atomic E-state index is 12.6. The second-order valence-corrected chi connectivity index (χ2v) is 13.9. The molecule has 0 saturated heterocycles. The SMILES string of the molecule is C=C=C=C(N1C(=CC(=Cc2oc3cc4ccccc4cc3[n+]2CS(=O)(=O)[O-])CC)Oc2cc3c(cc21)c1ccccc1n3C)S(=O)(=O)[O-]. The number of ether oxygens (including phenoxy) is 1. The number of allylic oxidation sites excluding steroid dienone is 2. The zero-order chi connectivity index (χ0) is 34.0. The van der Waals surface area contributed by atoms with E-state index in [9.17, 15) is 25.9 Å². The molecule has 1 aliphatic heterocycles. The summed E-state index contributed by atoms with van der Waals surface area (Å²) in [5.41, 5.74) is 7.90. The third kappa shape index (κ3) is 5.40. The molecule has 0 saturated carbocycles. The Morgan fingerprint density at radius 3 is 2.35 bits per heavy atom. The first-order chi connectivity index (χ1) is 22.9. The van der Waals surface area contributed by atoms with E-state index in [0.29, 0.717) is 23.1 Å². The molecule has 3 heterocycles. The second-order valence-electron chi connectivity index (χ2n) is 11.2. The van der Waals surface area contributed by atoms with Gasteiger partial charge in [0.05, 0.1) is 17.3 Å². The third-order valence-electron chi connectivity index (χ3n) is 8.22. The standard InChI is InChI=1S/C35H27N3O8S2/c1-4-10-35(48(42,43)44)38-30-19-26-25-13-8-9-14-27(25)36(3)28(26)20-32(30)46-34(38)16-22(5-2)15-33-37(21-47(39,40)41)29-17-23-11-6-7-12-24(23)18-31(29)45-33/h6-9,11-20H,1,5,21H2,2-3H3,(H-,39,40,41,42,43,44)/p-1. The number of anilines is 1. The van der Waals surface area contributed by atoms with Gasteiger partial charge in [0.2, 0.25) is 17.3 Å². The molecule has 4 aromatic carbocycles. The summed E-state index contributed by atoms with van der Waals surface area (Å²) >= 11 is 0. The molecule has 0 unspecified atom stereocenters. The van der Waals surface area contributed by atoms with Crippen LogP contribution in [0.3, 0.4) is 0 Å². The lowest BCUT2D eigenvalue weighted by atomic mass is 10.1. The van der Waals surface area contributed by atoms with Crippen molar-refractivity contribution >= 4 is 75.7 Å². The van der Waals surface area contributed by atoms with Gasteiger partial charge >= 0.3 is 5.89 Å². The van der Waals surface area contributed by atoms with Crippen molar-refractivity contribution in [3.63, 3.8) is 0 Å². The van der Waals surface area contributed by atoms with Gasteiger partial charge in [0.25, 0.3) is 5.52 Å². The lowest BCUT2D eigenvalue weighted by Gasteiger charge is -2.22.